The summed E-state index contributed by atoms with van der Waals surface area (Å²) in [5.41, 5.74) is 0. The van der Waals surface area contributed by atoms with Gasteiger partial charge in [0.1, 0.15) is 0 Å². The molecule has 0 N–H and O–H groups in total. The van der Waals surface area contributed by atoms with Gasteiger partial charge in [-0.05, 0) is 18.8 Å². The van der Waals surface area contributed by atoms with Crippen LogP contribution in [0.1, 0.15) is 40.5 Å². The van der Waals surface area contributed by atoms with Crippen molar-refractivity contribution < 1.29 is 9.53 Å². The Labute approximate surface area is 88.4 Å². The van der Waals surface area contributed by atoms with Gasteiger partial charge in [-0.3, -0.25) is 0 Å². The van der Waals surface area contributed by atoms with Crippen molar-refractivity contribution in [1.82, 2.24) is 4.90 Å². The summed E-state index contributed by atoms with van der Waals surface area (Å²) in [6, 6.07) is 0. The lowest BCUT2D eigenvalue weighted by Crippen LogP contribution is -2.27. The van der Waals surface area contributed by atoms with Crippen LogP contribution in [0.2, 0.25) is 0 Å². The standard InChI is InChI=1S/C9H19NO2.C2H6/c1-8(2)6-5-7-10(3)9(11)12-4;1-2/h8H,5-7H2,1-4H3;1-2H3. The van der Waals surface area contributed by atoms with Crippen LogP contribution in [-0.4, -0.2) is 31.7 Å². The quantitative estimate of drug-likeness (QED) is 0.702. The average Bonchev–Trinajstić information content (AvgIpc) is 2.19. The van der Waals surface area contributed by atoms with Crippen LogP contribution in [-0.2, 0) is 4.74 Å². The second-order valence-electron chi connectivity index (χ2n) is 3.43. The van der Waals surface area contributed by atoms with Gasteiger partial charge in [0.2, 0.25) is 0 Å². The second kappa shape index (κ2) is 10.4. The van der Waals surface area contributed by atoms with Gasteiger partial charge in [0.25, 0.3) is 0 Å². The van der Waals surface area contributed by atoms with Gasteiger partial charge in [-0.2, -0.15) is 0 Å². The van der Waals surface area contributed by atoms with Gasteiger partial charge in [-0.25, -0.2) is 4.79 Å². The van der Waals surface area contributed by atoms with E-state index in [4.69, 9.17) is 0 Å². The predicted octanol–water partition coefficient (Wildman–Crippen LogP) is 3.15. The third-order valence-electron chi connectivity index (χ3n) is 1.76. The van der Waals surface area contributed by atoms with Gasteiger partial charge < -0.3 is 9.64 Å². The molecule has 0 aliphatic carbocycles. The largest absolute Gasteiger partial charge is 0.453 e. The predicted molar refractivity (Wildman–Crippen MR) is 60.5 cm³/mol. The zero-order chi connectivity index (χ0) is 11.6. The number of nitrogens with zero attached hydrogens (tertiary/aromatic N) is 1. The van der Waals surface area contributed by atoms with Crippen LogP contribution in [0, 0.1) is 5.92 Å². The van der Waals surface area contributed by atoms with E-state index in [-0.39, 0.29) is 6.09 Å². The minimum Gasteiger partial charge on any atom is -0.453 e. The summed E-state index contributed by atoms with van der Waals surface area (Å²) in [5.74, 6) is 0.705. The molecule has 0 aromatic rings. The van der Waals surface area contributed by atoms with E-state index in [0.717, 1.165) is 19.4 Å². The van der Waals surface area contributed by atoms with Crippen LogP contribution in [0.25, 0.3) is 0 Å². The van der Waals surface area contributed by atoms with E-state index in [0.29, 0.717) is 5.92 Å². The highest BCUT2D eigenvalue weighted by molar-refractivity contribution is 5.66. The normalized spacial score (nSPS) is 9.07. The molecule has 1 amide bonds. The van der Waals surface area contributed by atoms with E-state index in [9.17, 15) is 4.79 Å². The third kappa shape index (κ3) is 9.36. The smallest absolute Gasteiger partial charge is 0.409 e. The van der Waals surface area contributed by atoms with Crippen molar-refractivity contribution in [3.63, 3.8) is 0 Å². The summed E-state index contributed by atoms with van der Waals surface area (Å²) < 4.78 is 4.56. The first-order valence-corrected chi connectivity index (χ1v) is 5.37. The summed E-state index contributed by atoms with van der Waals surface area (Å²) in [7, 11) is 3.16. The van der Waals surface area contributed by atoms with Gasteiger partial charge in [-0.15, -0.1) is 0 Å². The monoisotopic (exact) mass is 203 g/mol. The summed E-state index contributed by atoms with van der Waals surface area (Å²) in [4.78, 5) is 12.5. The molecule has 0 saturated heterocycles. The number of rotatable bonds is 4. The van der Waals surface area contributed by atoms with Gasteiger partial charge in [-0.1, -0.05) is 27.7 Å². The van der Waals surface area contributed by atoms with Gasteiger partial charge in [0, 0.05) is 13.6 Å². The maximum Gasteiger partial charge on any atom is 0.409 e. The highest BCUT2D eigenvalue weighted by Crippen LogP contribution is 2.04. The lowest BCUT2D eigenvalue weighted by molar-refractivity contribution is 0.132. The second-order valence-corrected chi connectivity index (χ2v) is 3.43. The molecule has 3 nitrogen and oxygen atoms in total. The number of hydrogen-bond acceptors (Lipinski definition) is 2. The van der Waals surface area contributed by atoms with Crippen LogP contribution < -0.4 is 0 Å². The number of methoxy groups -OCH3 is 1. The Kier molecular flexibility index (Phi) is 11.6. The molecule has 0 atom stereocenters. The topological polar surface area (TPSA) is 29.5 Å². The summed E-state index contributed by atoms with van der Waals surface area (Å²) >= 11 is 0. The molecule has 0 rings (SSSR count). The van der Waals surface area contributed by atoms with Crippen LogP contribution >= 0.6 is 0 Å². The maximum absolute atomic E-state index is 10.9. The van der Waals surface area contributed by atoms with Crippen molar-refractivity contribution in [3.05, 3.63) is 0 Å². The molecule has 0 aliphatic heterocycles. The number of hydrogen-bond donors (Lipinski definition) is 0. The van der Waals surface area contributed by atoms with Gasteiger partial charge >= 0.3 is 6.09 Å². The number of amides is 1. The Morgan fingerprint density at radius 3 is 2.21 bits per heavy atom. The summed E-state index contributed by atoms with van der Waals surface area (Å²) in [6.07, 6.45) is 1.95. The van der Waals surface area contributed by atoms with Crippen molar-refractivity contribution in [2.45, 2.75) is 40.5 Å². The Balaban J connectivity index is 0. The average molecular weight is 203 g/mol. The third-order valence-corrected chi connectivity index (χ3v) is 1.76. The van der Waals surface area contributed by atoms with E-state index in [1.807, 2.05) is 13.8 Å². The molecule has 0 aromatic heterocycles. The van der Waals surface area contributed by atoms with Crippen molar-refractivity contribution in [2.75, 3.05) is 20.7 Å². The fraction of sp³-hybridized carbons (Fsp3) is 0.909. The number of carbonyl (C=O) groups excluding carboxylic acids is 1. The van der Waals surface area contributed by atoms with E-state index in [2.05, 4.69) is 18.6 Å². The highest BCUT2D eigenvalue weighted by Gasteiger charge is 2.06. The van der Waals surface area contributed by atoms with E-state index >= 15 is 0 Å². The maximum atomic E-state index is 10.9. The molecular formula is C11H25NO2. The Bertz CT molecular complexity index is 135. The highest BCUT2D eigenvalue weighted by atomic mass is 16.5. The first-order valence-electron chi connectivity index (χ1n) is 5.37. The molecule has 0 aliphatic rings. The fourth-order valence-corrected chi connectivity index (χ4v) is 0.984. The van der Waals surface area contributed by atoms with Crippen molar-refractivity contribution in [1.29, 1.82) is 0 Å². The molecule has 0 heterocycles. The summed E-state index contributed by atoms with van der Waals surface area (Å²) in [5, 5.41) is 0. The van der Waals surface area contributed by atoms with Crippen LogP contribution in [0.4, 0.5) is 4.79 Å². The number of carbonyl (C=O) groups is 1. The van der Waals surface area contributed by atoms with Gasteiger partial charge in [0.15, 0.2) is 0 Å². The van der Waals surface area contributed by atoms with Crippen LogP contribution in [0.5, 0.6) is 0 Å². The molecule has 0 saturated carbocycles. The molecule has 86 valence electrons. The zero-order valence-corrected chi connectivity index (χ0v) is 10.5. The molecular weight excluding hydrogens is 178 g/mol. The minimum absolute atomic E-state index is 0.251. The van der Waals surface area contributed by atoms with E-state index in [1.54, 1.807) is 11.9 Å². The molecule has 14 heavy (non-hydrogen) atoms. The van der Waals surface area contributed by atoms with Gasteiger partial charge in [0.05, 0.1) is 7.11 Å². The lowest BCUT2D eigenvalue weighted by Gasteiger charge is -2.15. The Morgan fingerprint density at radius 2 is 1.86 bits per heavy atom. The van der Waals surface area contributed by atoms with Crippen molar-refractivity contribution >= 4 is 6.09 Å². The van der Waals surface area contributed by atoms with Crippen molar-refractivity contribution in [2.24, 2.45) is 5.92 Å². The first-order chi connectivity index (χ1) is 6.57. The lowest BCUT2D eigenvalue weighted by atomic mass is 10.1. The molecule has 0 fully saturated rings. The Morgan fingerprint density at radius 1 is 1.36 bits per heavy atom. The molecule has 0 radical (unpaired) electrons. The first kappa shape index (κ1) is 15.7. The molecule has 0 bridgehead atoms. The Hall–Kier alpha value is -0.730. The number of ether oxygens (including phenoxy) is 1. The molecule has 3 heteroatoms. The van der Waals surface area contributed by atoms with E-state index < -0.39 is 0 Å². The van der Waals surface area contributed by atoms with Crippen molar-refractivity contribution in [3.8, 4) is 0 Å². The van der Waals surface area contributed by atoms with Crippen LogP contribution in [0.15, 0.2) is 0 Å². The zero-order valence-electron chi connectivity index (χ0n) is 10.5. The van der Waals surface area contributed by atoms with E-state index in [1.165, 1.54) is 7.11 Å². The fourth-order valence-electron chi connectivity index (χ4n) is 0.984. The molecule has 0 unspecified atom stereocenters. The molecule has 0 spiro atoms. The minimum atomic E-state index is -0.251. The van der Waals surface area contributed by atoms with Crippen LogP contribution in [0.3, 0.4) is 0 Å². The SMILES string of the molecule is CC.COC(=O)N(C)CCCC(C)C. The molecule has 0 aromatic carbocycles. The summed E-state index contributed by atoms with van der Waals surface area (Å²) in [6.45, 7) is 9.14.